The molecule has 7 unspecified atom stereocenters. The molecule has 4 aliphatic carbocycles. The Kier molecular flexibility index (Phi) is 12.9. The van der Waals surface area contributed by atoms with E-state index in [0.29, 0.717) is 37.9 Å². The van der Waals surface area contributed by atoms with E-state index in [9.17, 15) is 24.3 Å². The molecule has 7 rings (SSSR count). The highest BCUT2D eigenvalue weighted by Gasteiger charge is 2.90. The van der Waals surface area contributed by atoms with Crippen molar-refractivity contribution < 1.29 is 57.4 Å². The summed E-state index contributed by atoms with van der Waals surface area (Å²) in [6.07, 6.45) is 1.41. The first-order chi connectivity index (χ1) is 25.8. The predicted octanol–water partition coefficient (Wildman–Crippen LogP) is 6.21. The van der Waals surface area contributed by atoms with Gasteiger partial charge < -0.3 is 38.3 Å². The molecule has 13 atom stereocenters. The smallest absolute Gasteiger partial charge is 0.341 e. The maximum absolute atomic E-state index is 13.6. The molecular formula is C42H61BrO12. The first kappa shape index (κ1) is 43.5. The summed E-state index contributed by atoms with van der Waals surface area (Å²) in [6, 6.07) is 8.09. The third-order valence-electron chi connectivity index (χ3n) is 14.4. The second-order valence-electron chi connectivity index (χ2n) is 17.1. The van der Waals surface area contributed by atoms with Crippen molar-refractivity contribution in [3.05, 3.63) is 34.3 Å². The number of rotatable bonds is 6. The quantitative estimate of drug-likeness (QED) is 0.197. The zero-order valence-electron chi connectivity index (χ0n) is 34.1. The molecular weight excluding hydrogens is 776 g/mol. The Morgan fingerprint density at radius 3 is 2.11 bits per heavy atom. The van der Waals surface area contributed by atoms with Crippen molar-refractivity contribution in [2.24, 2.45) is 45.8 Å². The summed E-state index contributed by atoms with van der Waals surface area (Å²) in [5.41, 5.74) is -3.96. The van der Waals surface area contributed by atoms with Gasteiger partial charge in [-0.3, -0.25) is 14.4 Å². The predicted molar refractivity (Wildman–Crippen MR) is 204 cm³/mol. The van der Waals surface area contributed by atoms with E-state index in [-0.39, 0.29) is 29.1 Å². The van der Waals surface area contributed by atoms with Crippen molar-refractivity contribution in [2.45, 2.75) is 124 Å². The van der Waals surface area contributed by atoms with Crippen LogP contribution in [0.2, 0.25) is 0 Å². The van der Waals surface area contributed by atoms with Crippen LogP contribution >= 0.6 is 15.9 Å². The second kappa shape index (κ2) is 16.3. The van der Waals surface area contributed by atoms with Crippen LogP contribution in [-0.2, 0) is 58.9 Å². The average molecular weight is 838 g/mol. The molecule has 0 aromatic heterocycles. The standard InChI is InChI=1S/C30H44O9.C9H11BrO.C3H6O2/c1-15-12-29(34)21-10-11-26(4)19-14-36-13-18(19)8-9-20(26)27(21,5)23(37-16(2)31)24(38-17(3)32)28(29,6)30(22(15)39-30)25(33)35-7;1-2-11-7-8-5-3-4-6-9(8)10;1-3(4)5-2/h15,18-24,34H,8-14H2,1-7H3;3-6H,2,7H2,1H3;1-2H3/t15?,18?,19?,20?,21?,22-,23?,24?,26+,27-,28-,29-,30+;;/m1../s1. The summed E-state index contributed by atoms with van der Waals surface area (Å²) in [6.45, 7) is 17.2. The fourth-order valence-corrected chi connectivity index (χ4v) is 12.4. The van der Waals surface area contributed by atoms with Gasteiger partial charge in [0.25, 0.3) is 0 Å². The molecule has 0 bridgehead atoms. The number of methoxy groups -OCH3 is 2. The minimum Gasteiger partial charge on any atom is -0.469 e. The van der Waals surface area contributed by atoms with Crippen LogP contribution in [0.1, 0.15) is 93.1 Å². The normalized spacial score (nSPS) is 41.7. The molecule has 1 N–H and O–H groups in total. The molecule has 2 aliphatic heterocycles. The molecule has 6 fully saturated rings. The molecule has 1 aromatic rings. The van der Waals surface area contributed by atoms with Crippen molar-refractivity contribution in [3.8, 4) is 0 Å². The molecule has 1 aromatic carbocycles. The summed E-state index contributed by atoms with van der Waals surface area (Å²) in [5.74, 6) is -1.37. The monoisotopic (exact) mass is 836 g/mol. The maximum atomic E-state index is 13.6. The van der Waals surface area contributed by atoms with Gasteiger partial charge in [-0.15, -0.1) is 0 Å². The van der Waals surface area contributed by atoms with Crippen LogP contribution < -0.4 is 0 Å². The Morgan fingerprint density at radius 1 is 0.891 bits per heavy atom. The Hall–Kier alpha value is -2.58. The molecule has 13 heteroatoms. The number of carbonyl (C=O) groups is 4. The van der Waals surface area contributed by atoms with Gasteiger partial charge in [0.05, 0.1) is 38.4 Å². The fourth-order valence-electron chi connectivity index (χ4n) is 12.0. The topological polar surface area (TPSA) is 156 Å². The molecule has 0 amide bonds. The zero-order chi connectivity index (χ0) is 40.7. The van der Waals surface area contributed by atoms with Crippen LogP contribution in [0.25, 0.3) is 0 Å². The van der Waals surface area contributed by atoms with Gasteiger partial charge in [-0.2, -0.15) is 0 Å². The highest BCUT2D eigenvalue weighted by molar-refractivity contribution is 9.10. The number of hydrogen-bond acceptors (Lipinski definition) is 12. The van der Waals surface area contributed by atoms with Crippen molar-refractivity contribution >= 4 is 39.8 Å². The SMILES string of the molecule is CCOCc1ccccc1Br.COC(=O)[C@@]12O[C@@H]1C(C)C[C@@]1(O)C3CC[C@@]4(C)C5COCC5CCC4[C@@]3(C)C(OC(C)=O)C(OC(C)=O)[C@]12C.COC(C)=O. The van der Waals surface area contributed by atoms with E-state index in [0.717, 1.165) is 36.9 Å². The molecule has 12 nitrogen and oxygen atoms in total. The number of esters is 4. The van der Waals surface area contributed by atoms with Gasteiger partial charge in [-0.05, 0) is 92.6 Å². The van der Waals surface area contributed by atoms with E-state index >= 15 is 0 Å². The number of epoxide rings is 1. The molecule has 55 heavy (non-hydrogen) atoms. The van der Waals surface area contributed by atoms with Crippen molar-refractivity contribution in [1.82, 2.24) is 0 Å². The van der Waals surface area contributed by atoms with E-state index in [1.54, 1.807) is 6.92 Å². The summed E-state index contributed by atoms with van der Waals surface area (Å²) < 4.78 is 40.4. The summed E-state index contributed by atoms with van der Waals surface area (Å²) in [4.78, 5) is 48.7. The van der Waals surface area contributed by atoms with E-state index in [1.165, 1.54) is 40.6 Å². The third kappa shape index (κ3) is 7.05. The highest BCUT2D eigenvalue weighted by atomic mass is 79.9. The van der Waals surface area contributed by atoms with Crippen LogP contribution in [0, 0.1) is 45.8 Å². The molecule has 0 radical (unpaired) electrons. The van der Waals surface area contributed by atoms with E-state index in [4.69, 9.17) is 28.4 Å². The van der Waals surface area contributed by atoms with Gasteiger partial charge >= 0.3 is 23.9 Å². The molecule has 0 spiro atoms. The number of ether oxygens (including phenoxy) is 7. The minimum absolute atomic E-state index is 0.0879. The lowest BCUT2D eigenvalue weighted by Gasteiger charge is -2.72. The molecule has 2 heterocycles. The van der Waals surface area contributed by atoms with Gasteiger partial charge in [0, 0.05) is 43.9 Å². The Balaban J connectivity index is 0.000000303. The van der Waals surface area contributed by atoms with Crippen LogP contribution in [0.5, 0.6) is 0 Å². The van der Waals surface area contributed by atoms with Crippen LogP contribution in [0.15, 0.2) is 28.7 Å². The van der Waals surface area contributed by atoms with Gasteiger partial charge in [0.2, 0.25) is 5.60 Å². The largest absolute Gasteiger partial charge is 0.469 e. The first-order valence-corrected chi connectivity index (χ1v) is 20.4. The summed E-state index contributed by atoms with van der Waals surface area (Å²) in [7, 11) is 2.66. The zero-order valence-corrected chi connectivity index (χ0v) is 35.7. The molecule has 4 saturated carbocycles. The average Bonchev–Trinajstić information content (AvgIpc) is 3.73. The van der Waals surface area contributed by atoms with Crippen molar-refractivity contribution in [3.63, 3.8) is 0 Å². The van der Waals surface area contributed by atoms with E-state index in [2.05, 4.69) is 40.6 Å². The Bertz CT molecular complexity index is 1600. The third-order valence-corrected chi connectivity index (χ3v) is 15.2. The van der Waals surface area contributed by atoms with Crippen LogP contribution in [-0.4, -0.2) is 92.5 Å². The van der Waals surface area contributed by atoms with Gasteiger partial charge in [-0.1, -0.05) is 54.9 Å². The number of fused-ring (bicyclic) bond motifs is 9. The van der Waals surface area contributed by atoms with Crippen molar-refractivity contribution in [2.75, 3.05) is 34.0 Å². The number of aliphatic hydroxyl groups is 1. The Morgan fingerprint density at radius 2 is 1.53 bits per heavy atom. The number of hydrogen-bond donors (Lipinski definition) is 1. The lowest BCUT2D eigenvalue weighted by atomic mass is 9.33. The minimum atomic E-state index is -1.51. The Labute approximate surface area is 334 Å². The van der Waals surface area contributed by atoms with Gasteiger partial charge in [0.1, 0.15) is 12.2 Å². The highest BCUT2D eigenvalue weighted by Crippen LogP contribution is 2.77. The fraction of sp³-hybridized carbons (Fsp3) is 0.762. The number of halogens is 1. The molecule has 2 saturated heterocycles. The summed E-state index contributed by atoms with van der Waals surface area (Å²) in [5, 5.41) is 13.1. The maximum Gasteiger partial charge on any atom is 0.341 e. The van der Waals surface area contributed by atoms with Gasteiger partial charge in [0.15, 0.2) is 6.10 Å². The lowest BCUT2D eigenvalue weighted by molar-refractivity contribution is -0.338. The molecule has 6 aliphatic rings. The van der Waals surface area contributed by atoms with Crippen LogP contribution in [0.3, 0.4) is 0 Å². The lowest BCUT2D eigenvalue weighted by Crippen LogP contribution is -2.82. The van der Waals surface area contributed by atoms with E-state index < -0.39 is 58.3 Å². The van der Waals surface area contributed by atoms with Crippen LogP contribution in [0.4, 0.5) is 0 Å². The summed E-state index contributed by atoms with van der Waals surface area (Å²) >= 11 is 3.45. The van der Waals surface area contributed by atoms with E-state index in [1.807, 2.05) is 32.0 Å². The first-order valence-electron chi connectivity index (χ1n) is 19.6. The number of carbonyl (C=O) groups excluding carboxylic acids is 4. The van der Waals surface area contributed by atoms with Crippen molar-refractivity contribution in [1.29, 1.82) is 0 Å². The van der Waals surface area contributed by atoms with Gasteiger partial charge in [-0.25, -0.2) is 4.79 Å². The number of benzene rings is 1. The second-order valence-corrected chi connectivity index (χ2v) is 17.9. The molecule has 308 valence electrons.